The zero-order valence-electron chi connectivity index (χ0n) is 27.0. The van der Waals surface area contributed by atoms with Crippen LogP contribution in [0.3, 0.4) is 0 Å². The first kappa shape index (κ1) is 113. The number of hydrogen-bond donors (Lipinski definition) is 1. The molecule has 0 aromatic heterocycles. The van der Waals surface area contributed by atoms with E-state index in [4.69, 9.17) is 0 Å². The number of rotatable bonds is 2. The van der Waals surface area contributed by atoms with Crippen LogP contribution in [0.1, 0.15) is 75.7 Å². The Balaban J connectivity index is -0.0000000159. The molecule has 47 heavy (non-hydrogen) atoms. The molecule has 0 unspecified atom stereocenters. The van der Waals surface area contributed by atoms with E-state index in [0.29, 0.717) is 17.3 Å². The third-order valence-corrected chi connectivity index (χ3v) is 16.3. The van der Waals surface area contributed by atoms with Crippen LogP contribution in [0.2, 0.25) is 0 Å². The van der Waals surface area contributed by atoms with Crippen molar-refractivity contribution >= 4 is 30.4 Å². The predicted octanol–water partition coefficient (Wildman–Crippen LogP) is 3.89. The minimum atomic E-state index is 0. The maximum atomic E-state index is 4.59. The molecule has 0 saturated carbocycles. The van der Waals surface area contributed by atoms with E-state index in [0.717, 1.165) is 6.42 Å². The first-order valence-electron chi connectivity index (χ1n) is 10.3. The fraction of sp³-hybridized carbons (Fsp3) is 0.625. The third kappa shape index (κ3) is 70.8. The summed E-state index contributed by atoms with van der Waals surface area (Å²) in [4.78, 5) is 4.59. The molecule has 0 aliphatic carbocycles. The Morgan fingerprint density at radius 1 is 0.660 bits per heavy atom. The monoisotopic (exact) mass is 4220 g/mol. The molecule has 2 aliphatic heterocycles. The molecule has 1 N–H and O–H groups in total. The predicted molar refractivity (Wildman–Crippen MR) is 122 cm³/mol. The van der Waals surface area contributed by atoms with Gasteiger partial charge < -0.3 is 0 Å². The van der Waals surface area contributed by atoms with Gasteiger partial charge in [-0.15, -0.1) is 0 Å². The summed E-state index contributed by atoms with van der Waals surface area (Å²) in [6.45, 7) is 21.9. The number of hydrogen-bond acceptors (Lipinski definition) is 2. The third-order valence-electron chi connectivity index (χ3n) is 3.60. The molecule has 0 aromatic carbocycles. The van der Waals surface area contributed by atoms with Gasteiger partial charge in [0.25, 0.3) is 0 Å². The normalized spacial score (nSPS) is 10.6. The molecular formula is C24H36N2W21-2. The molecule has 0 atom stereocenters. The van der Waals surface area contributed by atoms with Crippen LogP contribution in [0.5, 0.6) is 0 Å². The molecule has 0 bridgehead atoms. The minimum absolute atomic E-state index is 0. The van der Waals surface area contributed by atoms with Gasteiger partial charge in [-0.2, -0.15) is 0 Å². The smallest absolute Gasteiger partial charge is 0 e. The maximum absolute atomic E-state index is 4.59. The van der Waals surface area contributed by atoms with Crippen molar-refractivity contribution in [1.82, 2.24) is 5.32 Å². The first-order chi connectivity index (χ1) is 14.3. The van der Waals surface area contributed by atoms with E-state index in [-0.39, 0.29) is 321 Å². The summed E-state index contributed by atoms with van der Waals surface area (Å²) in [5.41, 5.74) is 3.36. The summed E-state index contributed by atoms with van der Waals surface area (Å²) in [5, 5.41) is 3.40. The van der Waals surface area contributed by atoms with Gasteiger partial charge in [-0.3, -0.25) is 0 Å². The van der Waals surface area contributed by atoms with Crippen molar-refractivity contribution in [2.24, 2.45) is 27.7 Å². The van der Waals surface area contributed by atoms with Crippen molar-refractivity contribution in [2.45, 2.75) is 75.7 Å². The zero-order chi connectivity index (χ0) is 25.9. The molecular weight excluding hydrogens is 4180 g/mol. The van der Waals surface area contributed by atoms with Crippen molar-refractivity contribution < 1.29 is 432 Å². The number of nitrogens with zero attached hydrogens (tertiary/aromatic N) is 1. The molecule has 0 spiro atoms. The molecule has 2 nitrogen and oxygen atoms in total. The van der Waals surface area contributed by atoms with Crippen LogP contribution >= 0.6 is 0 Å². The van der Waals surface area contributed by atoms with E-state index in [1.807, 2.05) is 0 Å². The summed E-state index contributed by atoms with van der Waals surface area (Å²) in [6.07, 6.45) is 3.42. The van der Waals surface area contributed by atoms with E-state index in [1.54, 1.807) is 62.0 Å². The minimum Gasteiger partial charge on any atom is 0 e. The summed E-state index contributed by atoms with van der Waals surface area (Å²) < 4.78 is 12.1. The van der Waals surface area contributed by atoms with E-state index >= 15 is 0 Å². The van der Waals surface area contributed by atoms with Gasteiger partial charge in [0, 0.05) is 316 Å². The van der Waals surface area contributed by atoms with Crippen molar-refractivity contribution in [3.63, 3.8) is 0 Å². The second kappa shape index (κ2) is 65.5. The van der Waals surface area contributed by atoms with Gasteiger partial charge in [-0.05, 0) is 0 Å². The van der Waals surface area contributed by atoms with Crippen molar-refractivity contribution in [3.05, 3.63) is 11.8 Å². The maximum Gasteiger partial charge on any atom is 0 e. The summed E-state index contributed by atoms with van der Waals surface area (Å²) >= 11 is 9.12. The van der Waals surface area contributed by atoms with Gasteiger partial charge in [0.15, 0.2) is 0 Å². The summed E-state index contributed by atoms with van der Waals surface area (Å²) in [7, 11) is 0. The number of allylic oxidation sites excluding steroid dienone is 1. The molecule has 0 radical (unpaired) electrons. The van der Waals surface area contributed by atoms with Crippen molar-refractivity contribution in [2.75, 3.05) is 0 Å². The molecule has 23 heteroatoms. The molecule has 0 saturated heterocycles. The Hall–Kier alpha value is 12.9. The van der Waals surface area contributed by atoms with Crippen LogP contribution in [0.4, 0.5) is 0 Å². The quantitative estimate of drug-likeness (QED) is 0.418. The van der Waals surface area contributed by atoms with Gasteiger partial charge in [0.05, 0.1) is 0 Å². The average molecular weight is 4210 g/mol. The Morgan fingerprint density at radius 2 is 0.957 bits per heavy atom. The van der Waals surface area contributed by atoms with E-state index in [2.05, 4.69) is 94.4 Å². The van der Waals surface area contributed by atoms with Crippen LogP contribution < -0.4 is 5.32 Å². The molecule has 270 valence electrons. The van der Waals surface area contributed by atoms with Crippen LogP contribution in [0.15, 0.2) is 16.8 Å². The zero-order valence-corrected chi connectivity index (χ0v) is 88.6. The summed E-state index contributed by atoms with van der Waals surface area (Å²) in [6, 6.07) is 0. The number of aliphatic imine (C=N–C) groups is 1. The standard InChI is InChI=1S/C8H11N.C7H9N.C5H9.C4H7.21W/c1-8(2,3)7-5-4-6-9-7;1-6(2)7-4-3-5-8-7;1-5(2,3)4;1-4(2)3;;;;;;;;;;;;;;;;;;;;;/h5H2,1-3H3;4,6,8H,1-2H3;1-3H3;4H,1-2H3;;;;;;;;;;;;;;;;;;;;;/q;;2*-1;;;;;;;;;;;;;;;;;;;;;. The second-order valence-corrected chi connectivity index (χ2v) is 17.7. The molecule has 2 heterocycles. The Bertz CT molecular complexity index is 800. The average Bonchev–Trinajstić information content (AvgIpc) is 3.18. The van der Waals surface area contributed by atoms with Crippen LogP contribution in [0.25, 0.3) is 0 Å². The Kier molecular flexibility index (Phi) is 157. The molecule has 2 rings (SSSR count). The summed E-state index contributed by atoms with van der Waals surface area (Å²) in [5.74, 6) is 1.32. The molecule has 0 fully saturated rings. The largest absolute Gasteiger partial charge is 0 e. The fourth-order valence-corrected chi connectivity index (χ4v) is 4.22. The van der Waals surface area contributed by atoms with Crippen LogP contribution in [-0.2, 0) is 432 Å². The van der Waals surface area contributed by atoms with Gasteiger partial charge in [-0.1, -0.05) is 0 Å². The molecule has 2 aliphatic rings. The second-order valence-electron chi connectivity index (χ2n) is 9.91. The van der Waals surface area contributed by atoms with Crippen molar-refractivity contribution in [1.29, 1.82) is 0 Å². The van der Waals surface area contributed by atoms with Gasteiger partial charge in [0.1, 0.15) is 0 Å². The Morgan fingerprint density at radius 3 is 1.04 bits per heavy atom. The van der Waals surface area contributed by atoms with Gasteiger partial charge >= 0.3 is 267 Å². The SMILES string of the molecule is CC(C)(C)C1=N[C](=[W])[C](=[W])C1.CC(C)(C)[C-]=[W].CC(C)C1=C[C](=[W])[C](=[W])N1.CC(C)[C-]=[W].[W].[W].[W].[W].[W].[W].[W].[W].[W].[W].[W].[W].[W].[W].[W]. The van der Waals surface area contributed by atoms with E-state index < -0.39 is 0 Å². The van der Waals surface area contributed by atoms with Gasteiger partial charge in [-0.25, -0.2) is 0 Å². The molecule has 0 aromatic rings. The Labute approximate surface area is 569 Å². The van der Waals surface area contributed by atoms with Crippen LogP contribution in [0, 0.1) is 22.7 Å². The van der Waals surface area contributed by atoms with E-state index in [1.165, 1.54) is 81.4 Å². The molecule has 0 amide bonds. The van der Waals surface area contributed by atoms with E-state index in [9.17, 15) is 0 Å². The van der Waals surface area contributed by atoms with Gasteiger partial charge in [0.2, 0.25) is 0 Å². The first-order valence-corrected chi connectivity index (χ1v) is 19.1. The van der Waals surface area contributed by atoms with Crippen molar-refractivity contribution in [3.8, 4) is 0 Å². The van der Waals surface area contributed by atoms with Crippen LogP contribution in [-0.4, -0.2) is 30.4 Å². The fourth-order valence-electron chi connectivity index (χ4n) is 1.63. The topological polar surface area (TPSA) is 24.4 Å². The number of nitrogens with one attached hydrogen (secondary N) is 1.